The van der Waals surface area contributed by atoms with Crippen molar-refractivity contribution >= 4 is 11.8 Å². The Morgan fingerprint density at radius 1 is 1.15 bits per heavy atom. The number of pyridine rings is 1. The van der Waals surface area contributed by atoms with Crippen LogP contribution < -0.4 is 0 Å². The summed E-state index contributed by atoms with van der Waals surface area (Å²) in [5, 5.41) is 1.02. The lowest BCUT2D eigenvalue weighted by Crippen LogP contribution is -1.76. The third-order valence-electron chi connectivity index (χ3n) is 1.54. The highest BCUT2D eigenvalue weighted by Gasteiger charge is 1.89. The molecule has 0 saturated heterocycles. The Labute approximate surface area is 81.8 Å². The van der Waals surface area contributed by atoms with E-state index in [0.717, 1.165) is 5.03 Å². The van der Waals surface area contributed by atoms with Crippen LogP contribution >= 0.6 is 11.8 Å². The summed E-state index contributed by atoms with van der Waals surface area (Å²) in [5.74, 6) is 0. The number of aromatic nitrogens is 1. The molecule has 64 valence electrons. The van der Waals surface area contributed by atoms with Gasteiger partial charge in [-0.15, -0.1) is 11.8 Å². The van der Waals surface area contributed by atoms with E-state index in [1.54, 1.807) is 18.0 Å². The van der Waals surface area contributed by atoms with Gasteiger partial charge < -0.3 is 0 Å². The van der Waals surface area contributed by atoms with E-state index in [-0.39, 0.29) is 0 Å². The minimum absolute atomic E-state index is 1.02. The van der Waals surface area contributed by atoms with E-state index >= 15 is 0 Å². The van der Waals surface area contributed by atoms with E-state index in [9.17, 15) is 0 Å². The normalized spacial score (nSPS) is 9.85. The lowest BCUT2D eigenvalue weighted by Gasteiger charge is -2.05. The Morgan fingerprint density at radius 3 is 2.85 bits per heavy atom. The van der Waals surface area contributed by atoms with Gasteiger partial charge in [-0.1, -0.05) is 11.0 Å². The highest BCUT2D eigenvalue weighted by atomic mass is 32.2. The van der Waals surface area contributed by atoms with Gasteiger partial charge in [-0.2, -0.15) is 30.3 Å². The summed E-state index contributed by atoms with van der Waals surface area (Å²) in [5.41, 5.74) is 0. The van der Waals surface area contributed by atoms with Crippen molar-refractivity contribution in [1.29, 1.82) is 0 Å². The van der Waals surface area contributed by atoms with Crippen LogP contribution in [0.3, 0.4) is 0 Å². The molecule has 0 spiro atoms. The topological polar surface area (TPSA) is 12.9 Å². The Morgan fingerprint density at radius 2 is 2.15 bits per heavy atom. The fourth-order valence-electron chi connectivity index (χ4n) is 0.969. The first kappa shape index (κ1) is 8.32. The number of benzene rings is 1. The van der Waals surface area contributed by atoms with Crippen molar-refractivity contribution in [3.8, 4) is 0 Å². The first-order valence-electron chi connectivity index (χ1n) is 4.00. The summed E-state index contributed by atoms with van der Waals surface area (Å²) < 4.78 is 0. The monoisotopic (exact) mass is 186 g/mol. The molecule has 2 heteroatoms. The standard InChI is InChI=1S/C11H8NS/c1-2-6-10(7-3-1)13-11-8-4-5-9-12-11/h1-2,4-9H/q-1. The molecule has 1 aromatic heterocycles. The van der Waals surface area contributed by atoms with E-state index in [1.165, 1.54) is 4.90 Å². The number of rotatable bonds is 2. The molecule has 0 saturated carbocycles. The third kappa shape index (κ3) is 2.33. The summed E-state index contributed by atoms with van der Waals surface area (Å²) in [6.45, 7) is 0. The maximum atomic E-state index is 4.22. The van der Waals surface area contributed by atoms with E-state index in [0.29, 0.717) is 0 Å². The van der Waals surface area contributed by atoms with Gasteiger partial charge in [0.05, 0.1) is 5.03 Å². The maximum Gasteiger partial charge on any atom is 0.0885 e. The highest BCUT2D eigenvalue weighted by Crippen LogP contribution is 2.24. The Bertz CT molecular complexity index is 321. The Kier molecular flexibility index (Phi) is 2.62. The molecule has 0 aliphatic rings. The van der Waals surface area contributed by atoms with Crippen molar-refractivity contribution < 1.29 is 0 Å². The number of hydrogen-bond acceptors (Lipinski definition) is 2. The average Bonchev–Trinajstić information content (AvgIpc) is 2.21. The molecule has 2 rings (SSSR count). The summed E-state index contributed by atoms with van der Waals surface area (Å²) in [7, 11) is 0. The van der Waals surface area contributed by atoms with Crippen LogP contribution in [0.5, 0.6) is 0 Å². The Balaban J connectivity index is 2.16. The van der Waals surface area contributed by atoms with Crippen molar-refractivity contribution in [2.24, 2.45) is 0 Å². The summed E-state index contributed by atoms with van der Waals surface area (Å²) in [4.78, 5) is 5.39. The molecule has 0 aliphatic heterocycles. The van der Waals surface area contributed by atoms with E-state index < -0.39 is 0 Å². The number of hydrogen-bond donors (Lipinski definition) is 0. The predicted molar refractivity (Wildman–Crippen MR) is 53.6 cm³/mol. The largest absolute Gasteiger partial charge is 0.251 e. The molecule has 0 bridgehead atoms. The van der Waals surface area contributed by atoms with Gasteiger partial charge in [0.2, 0.25) is 0 Å². The molecule has 0 atom stereocenters. The summed E-state index contributed by atoms with van der Waals surface area (Å²) in [6.07, 6.45) is 1.80. The van der Waals surface area contributed by atoms with Gasteiger partial charge in [-0.25, -0.2) is 0 Å². The molecule has 0 fully saturated rings. The molecule has 1 aromatic carbocycles. The van der Waals surface area contributed by atoms with E-state index in [2.05, 4.69) is 17.1 Å². The SMILES string of the molecule is [c-]1cccc(Sc2ccccn2)c1. The smallest absolute Gasteiger partial charge is 0.0885 e. The van der Waals surface area contributed by atoms with Crippen LogP contribution in [0.15, 0.2) is 58.6 Å². The molecule has 0 unspecified atom stereocenters. The van der Waals surface area contributed by atoms with Crippen LogP contribution in [0.4, 0.5) is 0 Å². The molecule has 0 amide bonds. The molecular formula is C11H8NS-. The zero-order valence-corrected chi connectivity index (χ0v) is 7.79. The summed E-state index contributed by atoms with van der Waals surface area (Å²) >= 11 is 1.65. The predicted octanol–water partition coefficient (Wildman–Crippen LogP) is 3.03. The average molecular weight is 186 g/mol. The van der Waals surface area contributed by atoms with Crippen LogP contribution in [-0.2, 0) is 0 Å². The maximum absolute atomic E-state index is 4.22. The van der Waals surface area contributed by atoms with Gasteiger partial charge in [0.25, 0.3) is 0 Å². The van der Waals surface area contributed by atoms with Gasteiger partial charge in [-0.05, 0) is 12.1 Å². The molecule has 13 heavy (non-hydrogen) atoms. The lowest BCUT2D eigenvalue weighted by molar-refractivity contribution is 1.13. The highest BCUT2D eigenvalue weighted by molar-refractivity contribution is 7.99. The first-order valence-corrected chi connectivity index (χ1v) is 4.82. The van der Waals surface area contributed by atoms with E-state index in [4.69, 9.17) is 0 Å². The molecule has 0 radical (unpaired) electrons. The van der Waals surface area contributed by atoms with Gasteiger partial charge in [0.15, 0.2) is 0 Å². The van der Waals surface area contributed by atoms with Crippen molar-refractivity contribution in [1.82, 2.24) is 4.98 Å². The Hall–Kier alpha value is -1.28. The van der Waals surface area contributed by atoms with Crippen LogP contribution in [0.1, 0.15) is 0 Å². The fraction of sp³-hybridized carbons (Fsp3) is 0. The molecule has 1 heterocycles. The van der Waals surface area contributed by atoms with Crippen molar-refractivity contribution in [2.75, 3.05) is 0 Å². The van der Waals surface area contributed by atoms with Gasteiger partial charge in [0.1, 0.15) is 0 Å². The lowest BCUT2D eigenvalue weighted by atomic mass is 10.4. The van der Waals surface area contributed by atoms with Crippen LogP contribution in [0.2, 0.25) is 0 Å². The second kappa shape index (κ2) is 4.10. The van der Waals surface area contributed by atoms with Gasteiger partial charge >= 0.3 is 0 Å². The second-order valence-corrected chi connectivity index (χ2v) is 3.60. The quantitative estimate of drug-likeness (QED) is 0.669. The van der Waals surface area contributed by atoms with Crippen LogP contribution in [0.25, 0.3) is 0 Å². The minimum Gasteiger partial charge on any atom is -0.251 e. The molecule has 2 aromatic rings. The zero-order valence-electron chi connectivity index (χ0n) is 6.97. The zero-order chi connectivity index (χ0) is 8.93. The first-order chi connectivity index (χ1) is 6.45. The second-order valence-electron chi connectivity index (χ2n) is 2.51. The third-order valence-corrected chi connectivity index (χ3v) is 2.48. The van der Waals surface area contributed by atoms with Gasteiger partial charge in [0, 0.05) is 6.20 Å². The van der Waals surface area contributed by atoms with Crippen LogP contribution in [0, 0.1) is 6.07 Å². The van der Waals surface area contributed by atoms with Crippen LogP contribution in [-0.4, -0.2) is 4.98 Å². The molecule has 0 aliphatic carbocycles. The molecule has 1 nitrogen and oxygen atoms in total. The minimum atomic E-state index is 1.02. The van der Waals surface area contributed by atoms with Gasteiger partial charge in [-0.3, -0.25) is 4.98 Å². The van der Waals surface area contributed by atoms with E-state index in [1.807, 2.05) is 36.4 Å². The van der Waals surface area contributed by atoms with Crippen molar-refractivity contribution in [2.45, 2.75) is 9.92 Å². The molecular weight excluding hydrogens is 178 g/mol. The summed E-state index contributed by atoms with van der Waals surface area (Å²) in [6, 6.07) is 16.8. The van der Waals surface area contributed by atoms with Crippen molar-refractivity contribution in [3.05, 3.63) is 54.7 Å². The van der Waals surface area contributed by atoms with Crippen molar-refractivity contribution in [3.63, 3.8) is 0 Å². The fourth-order valence-corrected chi connectivity index (χ4v) is 1.74. The molecule has 0 N–H and O–H groups in total. The number of nitrogens with zero attached hydrogens (tertiary/aromatic N) is 1.